The molecule has 1 heterocycles. The molecule has 0 spiro atoms. The van der Waals surface area contributed by atoms with Crippen LogP contribution in [0.15, 0.2) is 40.9 Å². The van der Waals surface area contributed by atoms with Crippen molar-refractivity contribution in [3.05, 3.63) is 36.4 Å². The van der Waals surface area contributed by atoms with Crippen LogP contribution in [0.5, 0.6) is 5.88 Å². The molecule has 0 aliphatic carbocycles. The molecular formula is C12H14N2O2. The van der Waals surface area contributed by atoms with Crippen LogP contribution in [0, 0.1) is 0 Å². The van der Waals surface area contributed by atoms with Gasteiger partial charge in [0.1, 0.15) is 6.61 Å². The van der Waals surface area contributed by atoms with Crippen LogP contribution >= 0.6 is 0 Å². The van der Waals surface area contributed by atoms with Crippen molar-refractivity contribution in [1.29, 1.82) is 0 Å². The fourth-order valence-electron chi connectivity index (χ4n) is 1.32. The van der Waals surface area contributed by atoms with Gasteiger partial charge in [-0.25, -0.2) is 0 Å². The van der Waals surface area contributed by atoms with E-state index in [0.29, 0.717) is 12.5 Å². The Morgan fingerprint density at radius 2 is 2.12 bits per heavy atom. The molecule has 4 heteroatoms. The molecule has 0 bridgehead atoms. The quantitative estimate of drug-likeness (QED) is 0.779. The van der Waals surface area contributed by atoms with Gasteiger partial charge in [-0.05, 0) is 12.2 Å². The van der Waals surface area contributed by atoms with Gasteiger partial charge >= 0.3 is 0 Å². The number of hydrogen-bond donors (Lipinski definition) is 1. The van der Waals surface area contributed by atoms with Crippen molar-refractivity contribution in [1.82, 2.24) is 10.5 Å². The lowest BCUT2D eigenvalue weighted by Crippen LogP contribution is -2.15. The summed E-state index contributed by atoms with van der Waals surface area (Å²) >= 11 is 0. The lowest BCUT2D eigenvalue weighted by Gasteiger charge is -1.98. The largest absolute Gasteiger partial charge is 0.474 e. The first-order valence-electron chi connectivity index (χ1n) is 5.19. The second-order valence-corrected chi connectivity index (χ2v) is 3.35. The summed E-state index contributed by atoms with van der Waals surface area (Å²) in [5.74, 6) is 1.24. The van der Waals surface area contributed by atoms with Crippen LogP contribution in [0.3, 0.4) is 0 Å². The van der Waals surface area contributed by atoms with E-state index in [1.54, 1.807) is 6.07 Å². The Balaban J connectivity index is 2.02. The molecule has 0 unspecified atom stereocenters. The van der Waals surface area contributed by atoms with Gasteiger partial charge < -0.3 is 14.6 Å². The van der Waals surface area contributed by atoms with E-state index in [1.165, 1.54) is 0 Å². The molecule has 0 radical (unpaired) electrons. The number of benzene rings is 1. The molecule has 1 N–H and O–H groups in total. The second kappa shape index (κ2) is 5.32. The highest BCUT2D eigenvalue weighted by Crippen LogP contribution is 2.22. The molecule has 0 aliphatic heterocycles. The number of rotatable bonds is 5. The molecule has 2 rings (SSSR count). The summed E-state index contributed by atoms with van der Waals surface area (Å²) in [7, 11) is 1.88. The zero-order chi connectivity index (χ0) is 11.2. The Morgan fingerprint density at radius 3 is 2.88 bits per heavy atom. The Labute approximate surface area is 94.2 Å². The molecule has 0 aliphatic rings. The van der Waals surface area contributed by atoms with Crippen molar-refractivity contribution in [2.24, 2.45) is 0 Å². The maximum atomic E-state index is 5.38. The van der Waals surface area contributed by atoms with Crippen molar-refractivity contribution in [3.63, 3.8) is 0 Å². The van der Waals surface area contributed by atoms with Crippen LogP contribution in [-0.4, -0.2) is 25.4 Å². The molecule has 1 aromatic heterocycles. The topological polar surface area (TPSA) is 47.3 Å². The van der Waals surface area contributed by atoms with Gasteiger partial charge in [-0.3, -0.25) is 0 Å². The van der Waals surface area contributed by atoms with Crippen LogP contribution < -0.4 is 10.1 Å². The first kappa shape index (κ1) is 10.7. The minimum atomic E-state index is 0.522. The maximum Gasteiger partial charge on any atom is 0.254 e. The second-order valence-electron chi connectivity index (χ2n) is 3.35. The van der Waals surface area contributed by atoms with E-state index in [0.717, 1.165) is 17.9 Å². The van der Waals surface area contributed by atoms with Crippen LogP contribution in [0.4, 0.5) is 0 Å². The van der Waals surface area contributed by atoms with Gasteiger partial charge in [-0.1, -0.05) is 30.3 Å². The van der Waals surface area contributed by atoms with E-state index in [-0.39, 0.29) is 0 Å². The lowest BCUT2D eigenvalue weighted by atomic mass is 10.2. The van der Waals surface area contributed by atoms with Gasteiger partial charge in [0.05, 0.1) is 0 Å². The molecule has 1 aromatic carbocycles. The number of nitrogens with zero attached hydrogens (tertiary/aromatic N) is 1. The average molecular weight is 218 g/mol. The number of nitrogens with one attached hydrogen (secondary N) is 1. The smallest absolute Gasteiger partial charge is 0.254 e. The highest BCUT2D eigenvalue weighted by molar-refractivity contribution is 5.57. The van der Waals surface area contributed by atoms with Gasteiger partial charge in [0.2, 0.25) is 0 Å². The first-order valence-corrected chi connectivity index (χ1v) is 5.19. The number of aromatic nitrogens is 1. The Kier molecular flexibility index (Phi) is 3.56. The first-order chi connectivity index (χ1) is 7.90. The van der Waals surface area contributed by atoms with Crippen LogP contribution in [0.25, 0.3) is 11.3 Å². The monoisotopic (exact) mass is 218 g/mol. The third-order valence-corrected chi connectivity index (χ3v) is 2.15. The summed E-state index contributed by atoms with van der Waals surface area (Å²) in [5.41, 5.74) is 0.999. The standard InChI is InChI=1S/C12H14N2O2/c1-13-7-8-15-12-9-11(16-14-12)10-5-3-2-4-6-10/h2-6,9,13H,7-8H2,1H3. The van der Waals surface area contributed by atoms with E-state index >= 15 is 0 Å². The molecular weight excluding hydrogens is 204 g/mol. The molecule has 0 saturated carbocycles. The van der Waals surface area contributed by atoms with Gasteiger partial charge in [0, 0.05) is 18.2 Å². The van der Waals surface area contributed by atoms with Crippen molar-refractivity contribution in [2.75, 3.05) is 20.2 Å². The highest BCUT2D eigenvalue weighted by Gasteiger charge is 2.06. The summed E-state index contributed by atoms with van der Waals surface area (Å²) < 4.78 is 10.6. The van der Waals surface area contributed by atoms with Gasteiger partial charge in [0.15, 0.2) is 5.76 Å². The van der Waals surface area contributed by atoms with E-state index in [1.807, 2.05) is 37.4 Å². The molecule has 84 valence electrons. The molecule has 0 fully saturated rings. The van der Waals surface area contributed by atoms with Gasteiger partial charge in [-0.2, -0.15) is 0 Å². The summed E-state index contributed by atoms with van der Waals surface area (Å²) in [6, 6.07) is 11.6. The third-order valence-electron chi connectivity index (χ3n) is 2.15. The number of hydrogen-bond acceptors (Lipinski definition) is 4. The fraction of sp³-hybridized carbons (Fsp3) is 0.250. The summed E-state index contributed by atoms with van der Waals surface area (Å²) in [5, 5.41) is 6.83. The minimum absolute atomic E-state index is 0.522. The Bertz CT molecular complexity index is 426. The van der Waals surface area contributed by atoms with Crippen molar-refractivity contribution < 1.29 is 9.26 Å². The molecule has 0 atom stereocenters. The summed E-state index contributed by atoms with van der Waals surface area (Å²) in [6.07, 6.45) is 0. The fourth-order valence-corrected chi connectivity index (χ4v) is 1.32. The Morgan fingerprint density at radius 1 is 1.31 bits per heavy atom. The van der Waals surface area contributed by atoms with Crippen LogP contribution in [-0.2, 0) is 0 Å². The minimum Gasteiger partial charge on any atom is -0.474 e. The van der Waals surface area contributed by atoms with Gasteiger partial charge in [0.25, 0.3) is 5.88 Å². The summed E-state index contributed by atoms with van der Waals surface area (Å²) in [4.78, 5) is 0. The highest BCUT2D eigenvalue weighted by atomic mass is 16.5. The Hall–Kier alpha value is -1.81. The molecule has 16 heavy (non-hydrogen) atoms. The van der Waals surface area contributed by atoms with Gasteiger partial charge in [-0.15, -0.1) is 0 Å². The summed E-state index contributed by atoms with van der Waals surface area (Å²) in [6.45, 7) is 1.37. The zero-order valence-corrected chi connectivity index (χ0v) is 9.14. The predicted molar refractivity (Wildman–Crippen MR) is 61.4 cm³/mol. The molecule has 2 aromatic rings. The van der Waals surface area contributed by atoms with Crippen molar-refractivity contribution in [2.45, 2.75) is 0 Å². The van der Waals surface area contributed by atoms with Crippen molar-refractivity contribution in [3.8, 4) is 17.2 Å². The predicted octanol–water partition coefficient (Wildman–Crippen LogP) is 1.94. The third kappa shape index (κ3) is 2.61. The normalized spacial score (nSPS) is 10.3. The van der Waals surface area contributed by atoms with Crippen molar-refractivity contribution >= 4 is 0 Å². The SMILES string of the molecule is CNCCOc1cc(-c2ccccc2)on1. The number of ether oxygens (including phenoxy) is 1. The lowest BCUT2D eigenvalue weighted by molar-refractivity contribution is 0.282. The molecule has 0 saturated heterocycles. The van der Waals surface area contributed by atoms with E-state index in [2.05, 4.69) is 10.5 Å². The molecule has 0 amide bonds. The average Bonchev–Trinajstić information content (AvgIpc) is 2.79. The van der Waals surface area contributed by atoms with Crippen LogP contribution in [0.1, 0.15) is 0 Å². The zero-order valence-electron chi connectivity index (χ0n) is 9.14. The van der Waals surface area contributed by atoms with E-state index < -0.39 is 0 Å². The van der Waals surface area contributed by atoms with Crippen LogP contribution in [0.2, 0.25) is 0 Å². The maximum absolute atomic E-state index is 5.38. The van der Waals surface area contributed by atoms with E-state index in [9.17, 15) is 0 Å². The van der Waals surface area contributed by atoms with E-state index in [4.69, 9.17) is 9.26 Å². The number of likely N-dealkylation sites (N-methyl/N-ethyl adjacent to an activating group) is 1. The molecule has 4 nitrogen and oxygen atoms in total.